The van der Waals surface area contributed by atoms with Crippen molar-refractivity contribution in [1.82, 2.24) is 19.9 Å². The fourth-order valence-corrected chi connectivity index (χ4v) is 3.21. The van der Waals surface area contributed by atoms with Crippen LogP contribution in [0.1, 0.15) is 36.5 Å². The largest absolute Gasteiger partial charge is 0.337 e. The van der Waals surface area contributed by atoms with Gasteiger partial charge in [0, 0.05) is 31.3 Å². The van der Waals surface area contributed by atoms with Crippen molar-refractivity contribution in [3.05, 3.63) is 45.8 Å². The Morgan fingerprint density at radius 3 is 2.74 bits per heavy atom. The van der Waals surface area contributed by atoms with Crippen molar-refractivity contribution in [3.8, 4) is 5.69 Å². The number of aromatic nitrogens is 3. The molecule has 1 aliphatic rings. The fourth-order valence-electron chi connectivity index (χ4n) is 3.21. The van der Waals surface area contributed by atoms with E-state index in [1.54, 1.807) is 24.0 Å². The maximum absolute atomic E-state index is 12.9. The number of non-ortho nitro benzene ring substituents is 1. The second kappa shape index (κ2) is 7.61. The van der Waals surface area contributed by atoms with Gasteiger partial charge in [0.15, 0.2) is 5.69 Å². The minimum absolute atomic E-state index is 0. The second-order valence-corrected chi connectivity index (χ2v) is 7.32. The van der Waals surface area contributed by atoms with Gasteiger partial charge < -0.3 is 10.6 Å². The Morgan fingerprint density at radius 2 is 2.11 bits per heavy atom. The molecule has 146 valence electrons. The average Bonchev–Trinajstić information content (AvgIpc) is 2.98. The van der Waals surface area contributed by atoms with E-state index in [1.807, 2.05) is 13.8 Å². The molecule has 1 amide bonds. The molecule has 1 atom stereocenters. The Hall–Kier alpha value is -2.52. The lowest BCUT2D eigenvalue weighted by atomic mass is 9.79. The zero-order chi connectivity index (χ0) is 19.1. The van der Waals surface area contributed by atoms with E-state index >= 15 is 0 Å². The van der Waals surface area contributed by atoms with E-state index in [2.05, 4.69) is 10.3 Å². The summed E-state index contributed by atoms with van der Waals surface area (Å²) in [4.78, 5) is 25.1. The third kappa shape index (κ3) is 3.93. The molecule has 0 radical (unpaired) electrons. The van der Waals surface area contributed by atoms with Crippen molar-refractivity contribution in [1.29, 1.82) is 0 Å². The zero-order valence-electron chi connectivity index (χ0n) is 15.5. The summed E-state index contributed by atoms with van der Waals surface area (Å²) in [5, 5.41) is 19.0. The normalized spacial score (nSPS) is 18.7. The van der Waals surface area contributed by atoms with Crippen LogP contribution in [0, 0.1) is 22.5 Å². The minimum Gasteiger partial charge on any atom is -0.337 e. The average molecular weight is 395 g/mol. The van der Waals surface area contributed by atoms with E-state index < -0.39 is 4.92 Å². The predicted octanol–water partition coefficient (Wildman–Crippen LogP) is 2.11. The van der Waals surface area contributed by atoms with Gasteiger partial charge in [0.25, 0.3) is 11.6 Å². The van der Waals surface area contributed by atoms with Crippen LogP contribution in [0.3, 0.4) is 0 Å². The number of rotatable bonds is 3. The lowest BCUT2D eigenvalue weighted by Crippen LogP contribution is -2.54. The van der Waals surface area contributed by atoms with E-state index in [1.165, 1.54) is 16.8 Å². The highest BCUT2D eigenvalue weighted by atomic mass is 35.5. The first-order valence-corrected chi connectivity index (χ1v) is 8.42. The molecule has 0 bridgehead atoms. The number of nitrogens with two attached hydrogens (primary N) is 1. The molecule has 3 rings (SSSR count). The number of halogens is 1. The van der Waals surface area contributed by atoms with Gasteiger partial charge >= 0.3 is 0 Å². The number of amides is 1. The molecule has 0 saturated carbocycles. The number of hydrogen-bond acceptors (Lipinski definition) is 6. The van der Waals surface area contributed by atoms with Gasteiger partial charge in [0.05, 0.1) is 16.3 Å². The van der Waals surface area contributed by atoms with Crippen LogP contribution >= 0.6 is 12.4 Å². The number of nitrogens with zero attached hydrogens (tertiary/aromatic N) is 5. The molecule has 1 aromatic carbocycles. The monoisotopic (exact) mass is 394 g/mol. The molecule has 0 aliphatic carbocycles. The van der Waals surface area contributed by atoms with Crippen LogP contribution in [0.15, 0.2) is 24.3 Å². The number of carbonyl (C=O) groups excluding carboxylic acids is 1. The van der Waals surface area contributed by atoms with Gasteiger partial charge in [0.1, 0.15) is 0 Å². The van der Waals surface area contributed by atoms with Gasteiger partial charge in [-0.2, -0.15) is 0 Å². The van der Waals surface area contributed by atoms with E-state index in [0.717, 1.165) is 6.42 Å². The Morgan fingerprint density at radius 1 is 1.41 bits per heavy atom. The first-order valence-electron chi connectivity index (χ1n) is 8.42. The van der Waals surface area contributed by atoms with Crippen molar-refractivity contribution in [2.75, 3.05) is 13.1 Å². The van der Waals surface area contributed by atoms with Gasteiger partial charge in [-0.1, -0.05) is 25.1 Å². The molecule has 2 heterocycles. The van der Waals surface area contributed by atoms with Crippen molar-refractivity contribution < 1.29 is 9.72 Å². The number of carbonyl (C=O) groups is 1. The van der Waals surface area contributed by atoms with E-state index in [9.17, 15) is 14.9 Å². The van der Waals surface area contributed by atoms with Crippen LogP contribution in [-0.2, 0) is 0 Å². The number of nitro benzene ring substituents is 1. The first-order chi connectivity index (χ1) is 12.2. The predicted molar refractivity (Wildman–Crippen MR) is 102 cm³/mol. The van der Waals surface area contributed by atoms with E-state index in [4.69, 9.17) is 5.73 Å². The molecule has 9 nitrogen and oxygen atoms in total. The van der Waals surface area contributed by atoms with Crippen LogP contribution in [-0.4, -0.2) is 49.9 Å². The highest BCUT2D eigenvalue weighted by molar-refractivity contribution is 5.93. The Labute approximate surface area is 163 Å². The SMILES string of the molecule is Cc1c(C(=O)N2CCC(N)C(C)(C)C2)nnn1-c1cccc([N+](=O)[O-])c1.Cl. The van der Waals surface area contributed by atoms with Crippen LogP contribution in [0.2, 0.25) is 0 Å². The Kier molecular flexibility index (Phi) is 5.86. The van der Waals surface area contributed by atoms with Gasteiger partial charge in [-0.25, -0.2) is 4.68 Å². The van der Waals surface area contributed by atoms with E-state index in [0.29, 0.717) is 24.5 Å². The maximum Gasteiger partial charge on any atom is 0.276 e. The van der Waals surface area contributed by atoms with Crippen molar-refractivity contribution in [2.45, 2.75) is 33.2 Å². The summed E-state index contributed by atoms with van der Waals surface area (Å²) in [6.07, 6.45) is 0.733. The summed E-state index contributed by atoms with van der Waals surface area (Å²) in [7, 11) is 0. The summed E-state index contributed by atoms with van der Waals surface area (Å²) in [5.74, 6) is -0.195. The first kappa shape index (κ1) is 20.8. The van der Waals surface area contributed by atoms with Crippen molar-refractivity contribution in [3.63, 3.8) is 0 Å². The molecule has 1 aromatic heterocycles. The van der Waals surface area contributed by atoms with Crippen LogP contribution in [0.5, 0.6) is 0 Å². The van der Waals surface area contributed by atoms with E-state index in [-0.39, 0.29) is 41.2 Å². The number of piperidine rings is 1. The van der Waals surface area contributed by atoms with Crippen LogP contribution in [0.4, 0.5) is 5.69 Å². The number of benzene rings is 1. The zero-order valence-corrected chi connectivity index (χ0v) is 16.3. The lowest BCUT2D eigenvalue weighted by Gasteiger charge is -2.42. The molecular weight excluding hydrogens is 372 g/mol. The summed E-state index contributed by atoms with van der Waals surface area (Å²) in [5.41, 5.74) is 7.21. The van der Waals surface area contributed by atoms with Crippen LogP contribution in [0.25, 0.3) is 5.69 Å². The second-order valence-electron chi connectivity index (χ2n) is 7.32. The molecule has 1 saturated heterocycles. The molecule has 0 spiro atoms. The van der Waals surface area contributed by atoms with Crippen molar-refractivity contribution >= 4 is 24.0 Å². The molecule has 1 unspecified atom stereocenters. The standard InChI is InChI=1S/C17H22N6O3.ClH/c1-11-15(16(24)21-8-7-14(18)17(2,3)10-21)19-20-22(11)12-5-4-6-13(9-12)23(25)26;/h4-6,9,14H,7-8,10,18H2,1-3H3;1H. The van der Waals surface area contributed by atoms with Gasteiger partial charge in [-0.3, -0.25) is 14.9 Å². The molecule has 2 N–H and O–H groups in total. The summed E-state index contributed by atoms with van der Waals surface area (Å²) in [6, 6.07) is 6.12. The highest BCUT2D eigenvalue weighted by Gasteiger charge is 2.36. The number of hydrogen-bond donors (Lipinski definition) is 1. The molecule has 1 aliphatic heterocycles. The summed E-state index contributed by atoms with van der Waals surface area (Å²) >= 11 is 0. The van der Waals surface area contributed by atoms with Crippen LogP contribution < -0.4 is 5.73 Å². The molecule has 10 heteroatoms. The lowest BCUT2D eigenvalue weighted by molar-refractivity contribution is -0.384. The van der Waals surface area contributed by atoms with Crippen molar-refractivity contribution in [2.24, 2.45) is 11.1 Å². The topological polar surface area (TPSA) is 120 Å². The fraction of sp³-hybridized carbons (Fsp3) is 0.471. The Balaban J connectivity index is 0.00000261. The number of nitro groups is 1. The third-order valence-electron chi connectivity index (χ3n) is 4.98. The third-order valence-corrected chi connectivity index (χ3v) is 4.98. The van der Waals surface area contributed by atoms with Gasteiger partial charge in [-0.05, 0) is 24.8 Å². The Bertz CT molecular complexity index is 866. The van der Waals surface area contributed by atoms with Gasteiger partial charge in [0.2, 0.25) is 0 Å². The highest BCUT2D eigenvalue weighted by Crippen LogP contribution is 2.29. The summed E-state index contributed by atoms with van der Waals surface area (Å²) in [6.45, 7) is 6.95. The maximum atomic E-state index is 12.9. The molecule has 27 heavy (non-hydrogen) atoms. The molecule has 2 aromatic rings. The summed E-state index contributed by atoms with van der Waals surface area (Å²) < 4.78 is 1.45. The number of likely N-dealkylation sites (tertiary alicyclic amines) is 1. The quantitative estimate of drug-likeness (QED) is 0.628. The molecule has 1 fully saturated rings. The molecular formula is C17H23ClN6O3. The smallest absolute Gasteiger partial charge is 0.276 e. The van der Waals surface area contributed by atoms with Gasteiger partial charge in [-0.15, -0.1) is 17.5 Å². The minimum atomic E-state index is -0.471.